The summed E-state index contributed by atoms with van der Waals surface area (Å²) in [7, 11) is -3.83. The summed E-state index contributed by atoms with van der Waals surface area (Å²) in [6.45, 7) is 3.13. The fourth-order valence-corrected chi connectivity index (χ4v) is 3.89. The van der Waals surface area contributed by atoms with Gasteiger partial charge in [0, 0.05) is 12.1 Å². The van der Waals surface area contributed by atoms with Gasteiger partial charge in [-0.1, -0.05) is 0 Å². The van der Waals surface area contributed by atoms with Gasteiger partial charge >= 0.3 is 5.97 Å². The fraction of sp³-hybridized carbons (Fsp3) is 0.250. The predicted octanol–water partition coefficient (Wildman–Crippen LogP) is 2.39. The number of carboxylic acids is 1. The van der Waals surface area contributed by atoms with Crippen LogP contribution in [0.2, 0.25) is 0 Å². The Morgan fingerprint density at radius 3 is 2.70 bits per heavy atom. The molecule has 20 heavy (non-hydrogen) atoms. The highest BCUT2D eigenvalue weighted by atomic mass is 32.2. The molecule has 0 aromatic carbocycles. The topological polar surface area (TPSA) is 96.6 Å². The first-order valence-electron chi connectivity index (χ1n) is 5.69. The summed E-state index contributed by atoms with van der Waals surface area (Å²) in [6, 6.07) is 2.43. The Labute approximate surface area is 120 Å². The van der Waals surface area contributed by atoms with E-state index in [2.05, 4.69) is 4.72 Å². The van der Waals surface area contributed by atoms with Crippen LogP contribution in [0.15, 0.2) is 32.2 Å². The molecule has 2 aromatic rings. The minimum atomic E-state index is -3.83. The van der Waals surface area contributed by atoms with E-state index < -0.39 is 27.8 Å². The van der Waals surface area contributed by atoms with Gasteiger partial charge in [0.1, 0.15) is 10.7 Å². The number of thiophene rings is 1. The minimum absolute atomic E-state index is 0.0485. The van der Waals surface area contributed by atoms with Crippen LogP contribution in [-0.2, 0) is 10.0 Å². The van der Waals surface area contributed by atoms with Gasteiger partial charge in [-0.15, -0.1) is 0 Å². The van der Waals surface area contributed by atoms with Crippen molar-refractivity contribution in [3.63, 3.8) is 0 Å². The number of hydrogen-bond donors (Lipinski definition) is 2. The molecule has 0 fully saturated rings. The van der Waals surface area contributed by atoms with E-state index in [0.717, 1.165) is 11.6 Å². The van der Waals surface area contributed by atoms with Crippen molar-refractivity contribution in [3.8, 4) is 0 Å². The summed E-state index contributed by atoms with van der Waals surface area (Å²) < 4.78 is 31.9. The van der Waals surface area contributed by atoms with E-state index in [0.29, 0.717) is 0 Å². The Bertz CT molecular complexity index is 715. The molecule has 108 valence electrons. The molecule has 0 aliphatic carbocycles. The van der Waals surface area contributed by atoms with E-state index in [1.807, 2.05) is 16.8 Å². The minimum Gasteiger partial charge on any atom is -0.475 e. The average Bonchev–Trinajstić information content (AvgIpc) is 2.96. The van der Waals surface area contributed by atoms with Crippen LogP contribution >= 0.6 is 11.3 Å². The Morgan fingerprint density at radius 1 is 1.50 bits per heavy atom. The first-order valence-corrected chi connectivity index (χ1v) is 8.12. The maximum absolute atomic E-state index is 12.2. The molecule has 8 heteroatoms. The zero-order valence-corrected chi connectivity index (χ0v) is 12.4. The quantitative estimate of drug-likeness (QED) is 0.883. The first-order chi connectivity index (χ1) is 9.31. The molecule has 2 aromatic heterocycles. The Kier molecular flexibility index (Phi) is 3.98. The van der Waals surface area contributed by atoms with E-state index in [4.69, 9.17) is 9.52 Å². The van der Waals surface area contributed by atoms with Crippen molar-refractivity contribution >= 4 is 27.3 Å². The Hall–Kier alpha value is -1.64. The maximum atomic E-state index is 12.2. The van der Waals surface area contributed by atoms with Crippen molar-refractivity contribution < 1.29 is 22.7 Å². The first kappa shape index (κ1) is 14.8. The number of aryl methyl sites for hydroxylation is 1. The van der Waals surface area contributed by atoms with Crippen molar-refractivity contribution in [1.29, 1.82) is 0 Å². The predicted molar refractivity (Wildman–Crippen MR) is 73.5 cm³/mol. The number of aromatic carboxylic acids is 1. The summed E-state index contributed by atoms with van der Waals surface area (Å²) >= 11 is 1.47. The lowest BCUT2D eigenvalue weighted by molar-refractivity contribution is 0.0661. The summed E-state index contributed by atoms with van der Waals surface area (Å²) in [4.78, 5) is 10.6. The van der Waals surface area contributed by atoms with Gasteiger partial charge in [-0.05, 0) is 36.2 Å². The molecule has 0 saturated heterocycles. The largest absolute Gasteiger partial charge is 0.475 e. The molecule has 0 aliphatic heterocycles. The maximum Gasteiger partial charge on any atom is 0.371 e. The van der Waals surface area contributed by atoms with Crippen LogP contribution < -0.4 is 4.72 Å². The summed E-state index contributed by atoms with van der Waals surface area (Å²) in [5.74, 6) is -1.65. The molecule has 0 saturated carbocycles. The second kappa shape index (κ2) is 5.39. The molecule has 1 atom stereocenters. The summed E-state index contributed by atoms with van der Waals surface area (Å²) in [6.07, 6.45) is 0. The molecule has 6 nitrogen and oxygen atoms in total. The third-order valence-corrected chi connectivity index (χ3v) is 5.10. The highest BCUT2D eigenvalue weighted by molar-refractivity contribution is 7.89. The van der Waals surface area contributed by atoms with E-state index >= 15 is 0 Å². The lowest BCUT2D eigenvalue weighted by Gasteiger charge is -2.12. The monoisotopic (exact) mass is 315 g/mol. The molecule has 0 radical (unpaired) electrons. The lowest BCUT2D eigenvalue weighted by Crippen LogP contribution is -2.26. The molecule has 0 bridgehead atoms. The molecule has 0 spiro atoms. The molecule has 0 aliphatic rings. The average molecular weight is 315 g/mol. The van der Waals surface area contributed by atoms with E-state index in [-0.39, 0.29) is 10.7 Å². The molecule has 2 rings (SSSR count). The van der Waals surface area contributed by atoms with Crippen LogP contribution in [0.1, 0.15) is 34.8 Å². The summed E-state index contributed by atoms with van der Waals surface area (Å²) in [5.41, 5.74) is 0.846. The van der Waals surface area contributed by atoms with E-state index in [1.54, 1.807) is 6.92 Å². The van der Waals surface area contributed by atoms with E-state index in [9.17, 15) is 13.2 Å². The molecule has 2 N–H and O–H groups in total. The van der Waals surface area contributed by atoms with Crippen molar-refractivity contribution in [2.45, 2.75) is 24.8 Å². The van der Waals surface area contributed by atoms with Gasteiger partial charge in [-0.2, -0.15) is 11.3 Å². The summed E-state index contributed by atoms with van der Waals surface area (Å²) in [5, 5.41) is 12.5. The second-order valence-electron chi connectivity index (χ2n) is 4.24. The van der Waals surface area contributed by atoms with Gasteiger partial charge in [-0.3, -0.25) is 0 Å². The van der Waals surface area contributed by atoms with Gasteiger partial charge in [0.15, 0.2) is 0 Å². The number of sulfonamides is 1. The van der Waals surface area contributed by atoms with Crippen molar-refractivity contribution in [2.75, 3.05) is 0 Å². The van der Waals surface area contributed by atoms with Crippen LogP contribution in [0.4, 0.5) is 0 Å². The highest BCUT2D eigenvalue weighted by Gasteiger charge is 2.25. The van der Waals surface area contributed by atoms with Gasteiger partial charge in [0.05, 0.1) is 0 Å². The zero-order chi connectivity index (χ0) is 14.9. The smallest absolute Gasteiger partial charge is 0.371 e. The molecule has 0 amide bonds. The van der Waals surface area contributed by atoms with Crippen molar-refractivity contribution in [3.05, 3.63) is 40.0 Å². The normalized spacial score (nSPS) is 13.3. The number of carboxylic acid groups (broad SMARTS) is 1. The van der Waals surface area contributed by atoms with Crippen molar-refractivity contribution in [2.24, 2.45) is 0 Å². The second-order valence-corrected chi connectivity index (χ2v) is 6.70. The Balaban J connectivity index is 2.29. The Morgan fingerprint density at radius 2 is 2.20 bits per heavy atom. The number of carbonyl (C=O) groups is 1. The standard InChI is InChI=1S/C12H13NO5S2/c1-7(9-3-4-19-6-9)13-20(16,17)11-5-10(12(14)15)18-8(11)2/h3-7,13H,1-2H3,(H,14,15). The zero-order valence-electron chi connectivity index (χ0n) is 10.8. The molecular formula is C12H13NO5S2. The number of furan rings is 1. The number of nitrogens with one attached hydrogen (secondary N) is 1. The van der Waals surface area contributed by atoms with Crippen LogP contribution in [0.5, 0.6) is 0 Å². The van der Waals surface area contributed by atoms with Gasteiger partial charge < -0.3 is 9.52 Å². The number of hydrogen-bond acceptors (Lipinski definition) is 5. The fourth-order valence-electron chi connectivity index (χ4n) is 1.72. The SMILES string of the molecule is Cc1oc(C(=O)O)cc1S(=O)(=O)NC(C)c1ccsc1. The molecule has 1 unspecified atom stereocenters. The molecular weight excluding hydrogens is 302 g/mol. The lowest BCUT2D eigenvalue weighted by atomic mass is 10.2. The van der Waals surface area contributed by atoms with Crippen LogP contribution in [0.3, 0.4) is 0 Å². The van der Waals surface area contributed by atoms with E-state index in [1.165, 1.54) is 18.3 Å². The van der Waals surface area contributed by atoms with Crippen LogP contribution in [0, 0.1) is 6.92 Å². The number of rotatable bonds is 5. The van der Waals surface area contributed by atoms with Gasteiger partial charge in [0.2, 0.25) is 15.8 Å². The van der Waals surface area contributed by atoms with Crippen molar-refractivity contribution in [1.82, 2.24) is 4.72 Å². The highest BCUT2D eigenvalue weighted by Crippen LogP contribution is 2.23. The van der Waals surface area contributed by atoms with Crippen LogP contribution in [0.25, 0.3) is 0 Å². The third kappa shape index (κ3) is 2.92. The van der Waals surface area contributed by atoms with Crippen LogP contribution in [-0.4, -0.2) is 19.5 Å². The molecule has 2 heterocycles. The van der Waals surface area contributed by atoms with Gasteiger partial charge in [0.25, 0.3) is 0 Å². The third-order valence-electron chi connectivity index (χ3n) is 2.75. The van der Waals surface area contributed by atoms with Gasteiger partial charge in [-0.25, -0.2) is 17.9 Å².